The fourth-order valence-corrected chi connectivity index (χ4v) is 2.73. The highest BCUT2D eigenvalue weighted by Crippen LogP contribution is 2.12. The van der Waals surface area contributed by atoms with E-state index in [1.54, 1.807) is 24.3 Å². The first-order chi connectivity index (χ1) is 11.7. The van der Waals surface area contributed by atoms with Crippen molar-refractivity contribution in [3.63, 3.8) is 0 Å². The van der Waals surface area contributed by atoms with Crippen LogP contribution in [-0.4, -0.2) is 24.2 Å². The largest absolute Gasteiger partial charge is 0.494 e. The Morgan fingerprint density at radius 3 is 2.38 bits per heavy atom. The highest BCUT2D eigenvalue weighted by atomic mass is 32.2. The van der Waals surface area contributed by atoms with Gasteiger partial charge in [0.25, 0.3) is 5.91 Å². The van der Waals surface area contributed by atoms with E-state index in [-0.39, 0.29) is 17.6 Å². The summed E-state index contributed by atoms with van der Waals surface area (Å²) < 4.78 is 5.32. The number of benzene rings is 2. The summed E-state index contributed by atoms with van der Waals surface area (Å²) in [4.78, 5) is 23.7. The topological polar surface area (TPSA) is 67.4 Å². The normalized spacial score (nSPS) is 10.0. The number of hydrogen-bond donors (Lipinski definition) is 2. The zero-order valence-electron chi connectivity index (χ0n) is 13.5. The Bertz CT molecular complexity index is 660. The number of rotatable bonds is 7. The minimum Gasteiger partial charge on any atom is -0.494 e. The average molecular weight is 344 g/mol. The molecule has 0 aliphatic rings. The van der Waals surface area contributed by atoms with E-state index in [0.29, 0.717) is 17.9 Å². The predicted octanol–water partition coefficient (Wildman–Crippen LogP) is 2.78. The Morgan fingerprint density at radius 1 is 1.00 bits per heavy atom. The van der Waals surface area contributed by atoms with Crippen molar-refractivity contribution in [2.75, 3.05) is 12.4 Å². The lowest BCUT2D eigenvalue weighted by Gasteiger charge is -2.08. The summed E-state index contributed by atoms with van der Waals surface area (Å²) >= 11 is 1.49. The second kappa shape index (κ2) is 9.62. The van der Waals surface area contributed by atoms with Crippen LogP contribution in [0.2, 0.25) is 0 Å². The van der Waals surface area contributed by atoms with Gasteiger partial charge in [-0.05, 0) is 36.8 Å². The molecule has 0 bridgehead atoms. The molecule has 0 unspecified atom stereocenters. The molecular formula is C18H20N2O3S. The van der Waals surface area contributed by atoms with Crippen LogP contribution in [0.15, 0.2) is 54.6 Å². The molecule has 0 fully saturated rings. The highest BCUT2D eigenvalue weighted by molar-refractivity contribution is 7.99. The lowest BCUT2D eigenvalue weighted by molar-refractivity contribution is -0.119. The van der Waals surface area contributed by atoms with Gasteiger partial charge in [0.1, 0.15) is 5.75 Å². The van der Waals surface area contributed by atoms with E-state index in [4.69, 9.17) is 4.74 Å². The molecule has 5 nitrogen and oxygen atoms in total. The fourth-order valence-electron chi connectivity index (χ4n) is 1.94. The number of amides is 2. The molecule has 2 rings (SSSR count). The van der Waals surface area contributed by atoms with Gasteiger partial charge >= 0.3 is 0 Å². The Balaban J connectivity index is 1.69. The van der Waals surface area contributed by atoms with Crippen LogP contribution in [0.3, 0.4) is 0 Å². The van der Waals surface area contributed by atoms with Crippen LogP contribution >= 0.6 is 11.8 Å². The van der Waals surface area contributed by atoms with Crippen molar-refractivity contribution in [1.82, 2.24) is 10.9 Å². The standard InChI is InChI=1S/C18H20N2O3S/c1-2-23-16-10-8-15(9-11-16)18(22)20-19-17(21)13-24-12-14-6-4-3-5-7-14/h3-11H,2,12-13H2,1H3,(H,19,21)(H,20,22). The molecule has 0 aliphatic heterocycles. The van der Waals surface area contributed by atoms with E-state index >= 15 is 0 Å². The molecule has 24 heavy (non-hydrogen) atoms. The molecule has 126 valence electrons. The summed E-state index contributed by atoms with van der Waals surface area (Å²) in [5.74, 6) is 1.13. The summed E-state index contributed by atoms with van der Waals surface area (Å²) in [5.41, 5.74) is 6.44. The van der Waals surface area contributed by atoms with Gasteiger partial charge < -0.3 is 4.74 Å². The van der Waals surface area contributed by atoms with Crippen molar-refractivity contribution in [2.45, 2.75) is 12.7 Å². The van der Waals surface area contributed by atoms with Crippen molar-refractivity contribution >= 4 is 23.6 Å². The smallest absolute Gasteiger partial charge is 0.269 e. The quantitative estimate of drug-likeness (QED) is 0.758. The molecule has 2 aromatic rings. The number of carbonyl (C=O) groups is 2. The van der Waals surface area contributed by atoms with E-state index in [0.717, 1.165) is 11.3 Å². The van der Waals surface area contributed by atoms with Crippen LogP contribution in [0.5, 0.6) is 5.75 Å². The number of carbonyl (C=O) groups excluding carboxylic acids is 2. The number of hydrogen-bond acceptors (Lipinski definition) is 4. The minimum absolute atomic E-state index is 0.241. The molecule has 2 N–H and O–H groups in total. The highest BCUT2D eigenvalue weighted by Gasteiger charge is 2.07. The molecule has 2 amide bonds. The Kier molecular flexibility index (Phi) is 7.17. The first-order valence-electron chi connectivity index (χ1n) is 7.62. The summed E-state index contributed by atoms with van der Waals surface area (Å²) in [5, 5.41) is 0. The van der Waals surface area contributed by atoms with E-state index in [2.05, 4.69) is 10.9 Å². The third-order valence-corrected chi connectivity index (χ3v) is 4.09. The van der Waals surface area contributed by atoms with Gasteiger partial charge in [0.15, 0.2) is 0 Å². The SMILES string of the molecule is CCOc1ccc(C(=O)NNC(=O)CSCc2ccccc2)cc1. The summed E-state index contributed by atoms with van der Waals surface area (Å²) in [6.07, 6.45) is 0. The van der Waals surface area contributed by atoms with E-state index in [9.17, 15) is 9.59 Å². The number of ether oxygens (including phenoxy) is 1. The van der Waals surface area contributed by atoms with Crippen LogP contribution in [0.1, 0.15) is 22.8 Å². The minimum atomic E-state index is -0.362. The van der Waals surface area contributed by atoms with Gasteiger partial charge in [0.05, 0.1) is 12.4 Å². The Labute approximate surface area is 145 Å². The van der Waals surface area contributed by atoms with Crippen molar-refractivity contribution in [2.24, 2.45) is 0 Å². The van der Waals surface area contributed by atoms with Gasteiger partial charge in [0.2, 0.25) is 5.91 Å². The molecule has 0 saturated carbocycles. The molecule has 0 saturated heterocycles. The van der Waals surface area contributed by atoms with Gasteiger partial charge in [-0.15, -0.1) is 11.8 Å². The zero-order valence-corrected chi connectivity index (χ0v) is 14.3. The summed E-state index contributed by atoms with van der Waals surface area (Å²) in [6, 6.07) is 16.6. The Hall–Kier alpha value is -2.47. The van der Waals surface area contributed by atoms with Crippen LogP contribution in [-0.2, 0) is 10.5 Å². The van der Waals surface area contributed by atoms with Gasteiger partial charge in [-0.1, -0.05) is 30.3 Å². The van der Waals surface area contributed by atoms with Gasteiger partial charge in [-0.3, -0.25) is 20.4 Å². The third kappa shape index (κ3) is 5.96. The van der Waals surface area contributed by atoms with Crippen molar-refractivity contribution in [1.29, 1.82) is 0 Å². The van der Waals surface area contributed by atoms with Crippen molar-refractivity contribution in [3.8, 4) is 5.75 Å². The molecule has 0 aromatic heterocycles. The lowest BCUT2D eigenvalue weighted by Crippen LogP contribution is -2.42. The summed E-state index contributed by atoms with van der Waals surface area (Å²) in [7, 11) is 0. The van der Waals surface area contributed by atoms with Crippen molar-refractivity contribution in [3.05, 3.63) is 65.7 Å². The fraction of sp³-hybridized carbons (Fsp3) is 0.222. The first-order valence-corrected chi connectivity index (χ1v) is 8.78. The number of nitrogens with one attached hydrogen (secondary N) is 2. The maximum absolute atomic E-state index is 11.9. The Morgan fingerprint density at radius 2 is 1.71 bits per heavy atom. The van der Waals surface area contributed by atoms with Gasteiger partial charge in [0, 0.05) is 11.3 Å². The van der Waals surface area contributed by atoms with E-state index in [1.807, 2.05) is 37.3 Å². The van der Waals surface area contributed by atoms with E-state index < -0.39 is 0 Å². The number of hydrazine groups is 1. The van der Waals surface area contributed by atoms with Gasteiger partial charge in [-0.2, -0.15) is 0 Å². The molecule has 0 radical (unpaired) electrons. The molecule has 2 aromatic carbocycles. The van der Waals surface area contributed by atoms with E-state index in [1.165, 1.54) is 11.8 Å². The third-order valence-electron chi connectivity index (χ3n) is 3.09. The summed E-state index contributed by atoms with van der Waals surface area (Å²) in [6.45, 7) is 2.47. The van der Waals surface area contributed by atoms with Crippen LogP contribution in [0.4, 0.5) is 0 Å². The molecule has 6 heteroatoms. The molecule has 0 atom stereocenters. The van der Waals surface area contributed by atoms with Crippen LogP contribution in [0.25, 0.3) is 0 Å². The predicted molar refractivity (Wildman–Crippen MR) is 95.8 cm³/mol. The number of thioether (sulfide) groups is 1. The second-order valence-electron chi connectivity index (χ2n) is 4.94. The van der Waals surface area contributed by atoms with Crippen LogP contribution in [0, 0.1) is 0 Å². The average Bonchev–Trinajstić information content (AvgIpc) is 2.61. The molecular weight excluding hydrogens is 324 g/mol. The maximum Gasteiger partial charge on any atom is 0.269 e. The van der Waals surface area contributed by atoms with Crippen molar-refractivity contribution < 1.29 is 14.3 Å². The maximum atomic E-state index is 11.9. The van der Waals surface area contributed by atoms with Crippen LogP contribution < -0.4 is 15.6 Å². The molecule has 0 spiro atoms. The molecule has 0 heterocycles. The second-order valence-corrected chi connectivity index (χ2v) is 5.92. The monoisotopic (exact) mass is 344 g/mol. The lowest BCUT2D eigenvalue weighted by atomic mass is 10.2. The first kappa shape index (κ1) is 17.9. The molecule has 0 aliphatic carbocycles. The zero-order chi connectivity index (χ0) is 17.2. The van der Waals surface area contributed by atoms with Gasteiger partial charge in [-0.25, -0.2) is 0 Å².